The van der Waals surface area contributed by atoms with E-state index in [0.29, 0.717) is 19.6 Å². The summed E-state index contributed by atoms with van der Waals surface area (Å²) in [6.07, 6.45) is 1.10. The van der Waals surface area contributed by atoms with E-state index in [-0.39, 0.29) is 5.91 Å². The fourth-order valence-corrected chi connectivity index (χ4v) is 3.77. The maximum absolute atomic E-state index is 12.0. The molecule has 3 aromatic rings. The second-order valence-electron chi connectivity index (χ2n) is 5.16. The maximum atomic E-state index is 12.0. The third-order valence-electron chi connectivity index (χ3n) is 3.28. The smallest absolute Gasteiger partial charge is 0.226 e. The van der Waals surface area contributed by atoms with Crippen molar-refractivity contribution in [2.75, 3.05) is 13.2 Å². The van der Waals surface area contributed by atoms with E-state index in [4.69, 9.17) is 4.74 Å². The lowest BCUT2D eigenvalue weighted by molar-refractivity contribution is -0.120. The lowest BCUT2D eigenvalue weighted by atomic mass is 10.3. The monoisotopic (exact) mass is 358 g/mol. The molecule has 0 aliphatic heterocycles. The first-order valence-electron chi connectivity index (χ1n) is 7.74. The number of nitrogens with one attached hydrogen (secondary N) is 1. The Bertz CT molecular complexity index is 754. The molecule has 0 bridgehead atoms. The van der Waals surface area contributed by atoms with Crippen LogP contribution in [0.25, 0.3) is 9.88 Å². The third-order valence-corrected chi connectivity index (χ3v) is 5.21. The van der Waals surface area contributed by atoms with Crippen molar-refractivity contribution >= 4 is 28.6 Å². The van der Waals surface area contributed by atoms with Crippen molar-refractivity contribution < 1.29 is 9.53 Å². The molecular weight excluding hydrogens is 340 g/mol. The molecule has 1 N–H and O–H groups in total. The van der Waals surface area contributed by atoms with Crippen LogP contribution in [0.4, 0.5) is 0 Å². The van der Waals surface area contributed by atoms with Crippen LogP contribution in [0.2, 0.25) is 0 Å². The van der Waals surface area contributed by atoms with Crippen molar-refractivity contribution in [3.63, 3.8) is 0 Å². The number of thiazole rings is 1. The zero-order chi connectivity index (χ0) is 16.6. The molecule has 0 spiro atoms. The summed E-state index contributed by atoms with van der Waals surface area (Å²) in [5, 5.41) is 7.87. The van der Waals surface area contributed by atoms with Gasteiger partial charge in [0.15, 0.2) is 0 Å². The Morgan fingerprint density at radius 1 is 1.12 bits per heavy atom. The van der Waals surface area contributed by atoms with Crippen LogP contribution in [-0.4, -0.2) is 24.0 Å². The number of nitrogens with zero attached hydrogens (tertiary/aromatic N) is 1. The van der Waals surface area contributed by atoms with E-state index in [1.165, 1.54) is 0 Å². The molecule has 0 radical (unpaired) electrons. The first kappa shape index (κ1) is 16.7. The SMILES string of the molecule is O=C(Cc1csc(-c2cccs2)n1)NCCCOc1ccccc1. The standard InChI is InChI=1S/C18H18N2O2S2/c21-17(19-9-5-10-22-15-6-2-1-3-7-15)12-14-13-24-18(20-14)16-8-4-11-23-16/h1-4,6-8,11,13H,5,9-10,12H2,(H,19,21). The van der Waals surface area contributed by atoms with Crippen molar-refractivity contribution in [1.29, 1.82) is 0 Å². The van der Waals surface area contributed by atoms with Gasteiger partial charge in [-0.3, -0.25) is 4.79 Å². The molecule has 0 aliphatic rings. The van der Waals surface area contributed by atoms with Gasteiger partial charge < -0.3 is 10.1 Å². The van der Waals surface area contributed by atoms with E-state index in [1.807, 2.05) is 53.2 Å². The highest BCUT2D eigenvalue weighted by atomic mass is 32.1. The molecule has 0 unspecified atom stereocenters. The Morgan fingerprint density at radius 3 is 2.79 bits per heavy atom. The van der Waals surface area contributed by atoms with Crippen molar-refractivity contribution in [3.8, 4) is 15.6 Å². The van der Waals surface area contributed by atoms with Gasteiger partial charge in [-0.25, -0.2) is 4.98 Å². The summed E-state index contributed by atoms with van der Waals surface area (Å²) in [5.74, 6) is 0.852. The number of thiophene rings is 1. The van der Waals surface area contributed by atoms with Gasteiger partial charge in [-0.1, -0.05) is 24.3 Å². The number of carbonyl (C=O) groups is 1. The molecule has 2 heterocycles. The number of hydrogen-bond donors (Lipinski definition) is 1. The van der Waals surface area contributed by atoms with Crippen LogP contribution < -0.4 is 10.1 Å². The number of carbonyl (C=O) groups excluding carboxylic acids is 1. The van der Waals surface area contributed by atoms with Crippen LogP contribution in [0.15, 0.2) is 53.2 Å². The summed E-state index contributed by atoms with van der Waals surface area (Å²) in [6.45, 7) is 1.19. The number of benzene rings is 1. The van der Waals surface area contributed by atoms with E-state index < -0.39 is 0 Å². The van der Waals surface area contributed by atoms with E-state index in [2.05, 4.69) is 10.3 Å². The number of para-hydroxylation sites is 1. The van der Waals surface area contributed by atoms with Crippen LogP contribution in [0.3, 0.4) is 0 Å². The Hall–Kier alpha value is -2.18. The minimum atomic E-state index is -0.00209. The van der Waals surface area contributed by atoms with E-state index in [1.54, 1.807) is 22.7 Å². The quantitative estimate of drug-likeness (QED) is 0.619. The lowest BCUT2D eigenvalue weighted by Crippen LogP contribution is -2.27. The van der Waals surface area contributed by atoms with E-state index in [9.17, 15) is 4.79 Å². The maximum Gasteiger partial charge on any atom is 0.226 e. The summed E-state index contributed by atoms with van der Waals surface area (Å²) >= 11 is 3.24. The summed E-state index contributed by atoms with van der Waals surface area (Å²) in [4.78, 5) is 17.6. The Balaban J connectivity index is 1.35. The summed E-state index contributed by atoms with van der Waals surface area (Å²) in [5.41, 5.74) is 0.821. The molecule has 1 amide bonds. The van der Waals surface area contributed by atoms with E-state index >= 15 is 0 Å². The predicted octanol–water partition coefficient (Wildman–Crippen LogP) is 4.00. The molecular formula is C18H18N2O2S2. The second kappa shape index (κ2) is 8.61. The predicted molar refractivity (Wildman–Crippen MR) is 98.7 cm³/mol. The number of aromatic nitrogens is 1. The molecule has 2 aromatic heterocycles. The highest BCUT2D eigenvalue weighted by Crippen LogP contribution is 2.27. The molecule has 124 valence electrons. The average Bonchev–Trinajstić information content (AvgIpc) is 3.27. The van der Waals surface area contributed by atoms with Crippen molar-refractivity contribution in [1.82, 2.24) is 10.3 Å². The Morgan fingerprint density at radius 2 is 2.00 bits per heavy atom. The topological polar surface area (TPSA) is 51.2 Å². The molecule has 24 heavy (non-hydrogen) atoms. The molecule has 0 saturated carbocycles. The summed E-state index contributed by atoms with van der Waals surface area (Å²) < 4.78 is 5.59. The third kappa shape index (κ3) is 4.91. The highest BCUT2D eigenvalue weighted by molar-refractivity contribution is 7.20. The van der Waals surface area contributed by atoms with Gasteiger partial charge in [-0.2, -0.15) is 0 Å². The molecule has 0 saturated heterocycles. The number of amides is 1. The zero-order valence-corrected chi connectivity index (χ0v) is 14.7. The van der Waals surface area contributed by atoms with Crippen LogP contribution in [-0.2, 0) is 11.2 Å². The first-order valence-corrected chi connectivity index (χ1v) is 9.50. The summed E-state index contributed by atoms with van der Waals surface area (Å²) in [7, 11) is 0. The van der Waals surface area contributed by atoms with Gasteiger partial charge >= 0.3 is 0 Å². The highest BCUT2D eigenvalue weighted by Gasteiger charge is 2.09. The van der Waals surface area contributed by atoms with Gasteiger partial charge in [-0.15, -0.1) is 22.7 Å². The minimum absolute atomic E-state index is 0.00209. The molecule has 0 atom stereocenters. The van der Waals surface area contributed by atoms with Gasteiger partial charge in [-0.05, 0) is 30.0 Å². The first-order chi connectivity index (χ1) is 11.8. The van der Waals surface area contributed by atoms with Crippen LogP contribution >= 0.6 is 22.7 Å². The molecule has 4 nitrogen and oxygen atoms in total. The van der Waals surface area contributed by atoms with Gasteiger partial charge in [0, 0.05) is 11.9 Å². The summed E-state index contributed by atoms with van der Waals surface area (Å²) in [6, 6.07) is 13.7. The van der Waals surface area contributed by atoms with Crippen LogP contribution in [0, 0.1) is 0 Å². The molecule has 3 rings (SSSR count). The number of hydrogen-bond acceptors (Lipinski definition) is 5. The molecule has 1 aromatic carbocycles. The Labute approximate surface area is 149 Å². The average molecular weight is 358 g/mol. The van der Waals surface area contributed by atoms with Gasteiger partial charge in [0.1, 0.15) is 10.8 Å². The van der Waals surface area contributed by atoms with Gasteiger partial charge in [0.25, 0.3) is 0 Å². The van der Waals surface area contributed by atoms with Crippen LogP contribution in [0.5, 0.6) is 5.75 Å². The zero-order valence-electron chi connectivity index (χ0n) is 13.1. The normalized spacial score (nSPS) is 10.5. The van der Waals surface area contributed by atoms with Gasteiger partial charge in [0.2, 0.25) is 5.91 Å². The fourth-order valence-electron chi connectivity index (χ4n) is 2.14. The molecule has 0 fully saturated rings. The second-order valence-corrected chi connectivity index (χ2v) is 6.97. The van der Waals surface area contributed by atoms with Crippen molar-refractivity contribution in [2.45, 2.75) is 12.8 Å². The lowest BCUT2D eigenvalue weighted by Gasteiger charge is -2.06. The number of rotatable bonds is 8. The Kier molecular flexibility index (Phi) is 5.98. The van der Waals surface area contributed by atoms with Crippen molar-refractivity contribution in [3.05, 3.63) is 58.9 Å². The van der Waals surface area contributed by atoms with Crippen LogP contribution in [0.1, 0.15) is 12.1 Å². The van der Waals surface area contributed by atoms with E-state index in [0.717, 1.165) is 27.7 Å². The fraction of sp³-hybridized carbons (Fsp3) is 0.222. The number of ether oxygens (including phenoxy) is 1. The van der Waals surface area contributed by atoms with Crippen molar-refractivity contribution in [2.24, 2.45) is 0 Å². The molecule has 6 heteroatoms. The largest absolute Gasteiger partial charge is 0.494 e. The van der Waals surface area contributed by atoms with Gasteiger partial charge in [0.05, 0.1) is 23.6 Å². The molecule has 0 aliphatic carbocycles. The minimum Gasteiger partial charge on any atom is -0.494 e.